The number of hydrogen-bond donors (Lipinski definition) is 2. The molecule has 0 spiro atoms. The van der Waals surface area contributed by atoms with E-state index in [9.17, 15) is 9.59 Å². The Bertz CT molecular complexity index is 499. The molecule has 0 radical (unpaired) electrons. The number of rotatable bonds is 32. The number of carbonyl (C=O) groups is 2. The van der Waals surface area contributed by atoms with E-state index in [0.29, 0.717) is 12.8 Å². The van der Waals surface area contributed by atoms with Crippen molar-refractivity contribution < 1.29 is 31.2 Å². The van der Waals surface area contributed by atoms with Crippen molar-refractivity contribution in [1.29, 1.82) is 0 Å². The molecule has 0 unspecified atom stereocenters. The van der Waals surface area contributed by atoms with Crippen molar-refractivity contribution in [2.75, 3.05) is 0 Å². The van der Waals surface area contributed by atoms with Gasteiger partial charge < -0.3 is 21.6 Å². The molecule has 2 N–H and O–H groups in total. The van der Waals surface area contributed by atoms with Crippen molar-refractivity contribution in [1.82, 2.24) is 0 Å². The quantitative estimate of drug-likeness (QED) is 0.0550. The van der Waals surface area contributed by atoms with Crippen LogP contribution < -0.4 is 0 Å². The van der Waals surface area contributed by atoms with E-state index in [4.69, 9.17) is 10.2 Å². The van der Waals surface area contributed by atoms with Gasteiger partial charge in [-0.1, -0.05) is 194 Å². The van der Waals surface area contributed by atoms with Gasteiger partial charge in [-0.3, -0.25) is 9.59 Å². The van der Waals surface area contributed by atoms with Gasteiger partial charge in [0.15, 0.2) is 0 Å². The third-order valence-corrected chi connectivity index (χ3v) is 7.99. The Morgan fingerprint density at radius 2 is 0.455 bits per heavy atom. The molecule has 0 atom stereocenters. The van der Waals surface area contributed by atoms with E-state index < -0.39 is 11.9 Å². The number of carboxylic acid groups (broad SMARTS) is 2. The number of carboxylic acids is 2. The van der Waals surface area contributed by atoms with E-state index >= 15 is 0 Å². The van der Waals surface area contributed by atoms with Gasteiger partial charge in [0.1, 0.15) is 0 Å². The van der Waals surface area contributed by atoms with Gasteiger partial charge in [0, 0.05) is 12.8 Å². The molecule has 0 rings (SSSR count). The largest absolute Gasteiger partial charge is 2.00 e. The van der Waals surface area contributed by atoms with E-state index in [1.54, 1.807) is 0 Å². The molecule has 0 fully saturated rings. The van der Waals surface area contributed by atoms with E-state index in [1.807, 2.05) is 0 Å². The normalized spacial score (nSPS) is 9.86. The number of aliphatic carboxylic acids is 2. The fourth-order valence-corrected chi connectivity index (χ4v) is 5.30. The molecule has 0 amide bonds. The Kier molecular flexibility index (Phi) is 72.1. The predicted molar refractivity (Wildman–Crippen MR) is 206 cm³/mol. The molecule has 0 saturated heterocycles. The molecule has 44 heavy (non-hydrogen) atoms. The van der Waals surface area contributed by atoms with Crippen LogP contribution >= 0.6 is 0 Å². The minimum atomic E-state index is -0.653. The summed E-state index contributed by atoms with van der Waals surface area (Å²) in [5.41, 5.74) is 0. The zero-order valence-corrected chi connectivity index (χ0v) is 35.8. The first-order chi connectivity index (χ1) is 19.5. The van der Waals surface area contributed by atoms with Gasteiger partial charge in [0.2, 0.25) is 0 Å². The van der Waals surface area contributed by atoms with Gasteiger partial charge >= 0.3 is 104 Å². The molecule has 0 aliphatic carbocycles. The Morgan fingerprint density at radius 3 is 0.591 bits per heavy atom. The second kappa shape index (κ2) is 54.5. The fourth-order valence-electron chi connectivity index (χ4n) is 5.30. The molecule has 0 aromatic carbocycles. The molecule has 4 nitrogen and oxygen atoms in total. The van der Waals surface area contributed by atoms with Crippen LogP contribution in [-0.4, -0.2) is 114 Å². The minimum absolute atomic E-state index is 0. The summed E-state index contributed by atoms with van der Waals surface area (Å²) in [7, 11) is 0. The summed E-state index contributed by atoms with van der Waals surface area (Å²) in [4.78, 5) is 20.7. The predicted octanol–water partition coefficient (Wildman–Crippen LogP) is 12.0. The Morgan fingerprint density at radius 1 is 0.318 bits per heavy atom. The van der Waals surface area contributed by atoms with Crippen molar-refractivity contribution >= 4 is 104 Å². The van der Waals surface area contributed by atoms with E-state index in [0.717, 1.165) is 25.7 Å². The van der Waals surface area contributed by atoms with Crippen molar-refractivity contribution in [3.8, 4) is 0 Å². The fraction of sp³-hybridized carbons (Fsp3) is 0.944. The van der Waals surface area contributed by atoms with Crippen LogP contribution in [0.5, 0.6) is 0 Å². The Hall–Kier alpha value is 2.00. The third kappa shape index (κ3) is 62.8. The monoisotopic (exact) mass is 673 g/mol. The molecule has 0 heterocycles. The van der Waals surface area contributed by atoms with Crippen LogP contribution in [0.3, 0.4) is 0 Å². The first-order valence-electron chi connectivity index (χ1n) is 18.0. The molecular formula is C36H80Mg4O4. The van der Waals surface area contributed by atoms with E-state index in [-0.39, 0.29) is 104 Å². The Balaban J connectivity index is -0.0000000376. The van der Waals surface area contributed by atoms with Crippen molar-refractivity contribution in [2.45, 2.75) is 219 Å². The number of unbranched alkanes of at least 4 members (excludes halogenated alkanes) is 28. The van der Waals surface area contributed by atoms with Crippen molar-refractivity contribution in [3.63, 3.8) is 0 Å². The minimum Gasteiger partial charge on any atom is -1.00 e. The van der Waals surface area contributed by atoms with Gasteiger partial charge in [0.05, 0.1) is 0 Å². The van der Waals surface area contributed by atoms with Crippen molar-refractivity contribution in [3.05, 3.63) is 0 Å². The van der Waals surface area contributed by atoms with Crippen LogP contribution in [0.1, 0.15) is 231 Å². The van der Waals surface area contributed by atoms with Crippen LogP contribution in [0.4, 0.5) is 0 Å². The smallest absolute Gasteiger partial charge is 1.00 e. The first kappa shape index (κ1) is 58.2. The summed E-state index contributed by atoms with van der Waals surface area (Å²) in [6.45, 7) is 4.54. The molecule has 8 heteroatoms. The molecular weight excluding hydrogens is 594 g/mol. The van der Waals surface area contributed by atoms with Crippen LogP contribution in [-0.2, 0) is 9.59 Å². The topological polar surface area (TPSA) is 74.6 Å². The van der Waals surface area contributed by atoms with E-state index in [2.05, 4.69) is 13.8 Å². The van der Waals surface area contributed by atoms with Crippen molar-refractivity contribution in [2.24, 2.45) is 0 Å². The van der Waals surface area contributed by atoms with Gasteiger partial charge in [-0.05, 0) is 12.8 Å². The van der Waals surface area contributed by atoms with E-state index in [1.165, 1.54) is 167 Å². The van der Waals surface area contributed by atoms with Gasteiger partial charge in [-0.25, -0.2) is 0 Å². The summed E-state index contributed by atoms with van der Waals surface area (Å²) in [5, 5.41) is 17.0. The summed E-state index contributed by atoms with van der Waals surface area (Å²) >= 11 is 0. The average molecular weight is 674 g/mol. The molecule has 0 saturated carbocycles. The van der Waals surface area contributed by atoms with Gasteiger partial charge in [0.25, 0.3) is 0 Å². The summed E-state index contributed by atoms with van der Waals surface area (Å²) in [6.07, 6.45) is 40.4. The molecule has 0 aromatic heterocycles. The van der Waals surface area contributed by atoms with Crippen LogP contribution in [0.2, 0.25) is 0 Å². The van der Waals surface area contributed by atoms with Crippen LogP contribution in [0, 0.1) is 0 Å². The second-order valence-electron chi connectivity index (χ2n) is 12.2. The second-order valence-corrected chi connectivity index (χ2v) is 12.2. The Labute approximate surface area is 351 Å². The maximum Gasteiger partial charge on any atom is 2.00 e. The third-order valence-electron chi connectivity index (χ3n) is 7.99. The van der Waals surface area contributed by atoms with Crippen LogP contribution in [0.25, 0.3) is 0 Å². The van der Waals surface area contributed by atoms with Gasteiger partial charge in [-0.2, -0.15) is 0 Å². The summed E-state index contributed by atoms with van der Waals surface area (Å²) < 4.78 is 0. The molecule has 0 aromatic rings. The van der Waals surface area contributed by atoms with Gasteiger partial charge in [-0.15, -0.1) is 0 Å². The molecule has 0 bridgehead atoms. The SMILES string of the molecule is CCCCCCCCCCCCCCCCCC(=O)O.CCCCCCCCCCCCCCCCCC(=O)O.[H-].[H-].[H-].[H-].[H-].[H-].[H-].[H-].[Mg+2].[Mg+2].[Mg+2].[Mg+2]. The zero-order valence-electron chi connectivity index (χ0n) is 38.2. The molecule has 256 valence electrons. The first-order valence-corrected chi connectivity index (χ1v) is 18.0. The molecule has 0 aliphatic heterocycles. The standard InChI is InChI=1S/2C18H36O2.4Mg.8H/c2*1-2-3-4-5-6-7-8-9-10-11-12-13-14-15-16-17-18(19)20;;;;;;;;;;;;/h2*2-17H2,1H3,(H,19,20);;;;;;;;;;;;/q;;4*+2;8*-1. The molecule has 0 aliphatic rings. The summed E-state index contributed by atoms with van der Waals surface area (Å²) in [5.74, 6) is -1.31. The average Bonchev–Trinajstić information content (AvgIpc) is 2.93. The zero-order chi connectivity index (χ0) is 29.8. The number of hydrogen-bond acceptors (Lipinski definition) is 2. The maximum atomic E-state index is 10.3. The maximum absolute atomic E-state index is 10.3. The van der Waals surface area contributed by atoms with Crippen LogP contribution in [0.15, 0.2) is 0 Å². The summed E-state index contributed by atoms with van der Waals surface area (Å²) in [6, 6.07) is 0.